The zero-order chi connectivity index (χ0) is 13.3. The summed E-state index contributed by atoms with van der Waals surface area (Å²) < 4.78 is 5.39. The van der Waals surface area contributed by atoms with E-state index in [1.165, 1.54) is 4.90 Å². The van der Waals surface area contributed by atoms with Crippen LogP contribution in [-0.2, 0) is 9.59 Å². The predicted molar refractivity (Wildman–Crippen MR) is 63.6 cm³/mol. The number of oxazole rings is 1. The second-order valence-electron chi connectivity index (χ2n) is 4.43. The maximum Gasteiger partial charge on any atom is 0.246 e. The van der Waals surface area contributed by atoms with Gasteiger partial charge in [-0.25, -0.2) is 4.98 Å². The van der Waals surface area contributed by atoms with Crippen molar-refractivity contribution < 1.29 is 14.0 Å². The number of aryl methyl sites for hydroxylation is 1. The van der Waals surface area contributed by atoms with Gasteiger partial charge in [-0.1, -0.05) is 0 Å². The van der Waals surface area contributed by atoms with Gasteiger partial charge in [0.1, 0.15) is 5.76 Å². The number of aromatic nitrogens is 1. The second-order valence-corrected chi connectivity index (χ2v) is 4.43. The van der Waals surface area contributed by atoms with E-state index in [9.17, 15) is 9.59 Å². The highest BCUT2D eigenvalue weighted by Crippen LogP contribution is 2.18. The zero-order valence-electron chi connectivity index (χ0n) is 10.8. The Morgan fingerprint density at radius 2 is 2.33 bits per heavy atom. The van der Waals surface area contributed by atoms with Crippen LogP contribution in [0, 0.1) is 6.92 Å². The molecular weight excluding hydrogens is 234 g/mol. The number of nitrogens with one attached hydrogen (secondary N) is 1. The first-order chi connectivity index (χ1) is 8.52. The molecule has 0 bridgehead atoms. The highest BCUT2D eigenvalue weighted by atomic mass is 16.4. The van der Waals surface area contributed by atoms with E-state index in [0.29, 0.717) is 12.4 Å². The molecule has 1 N–H and O–H groups in total. The molecular formula is C12H17N3O3. The van der Waals surface area contributed by atoms with Crippen molar-refractivity contribution in [1.29, 1.82) is 0 Å². The average molecular weight is 251 g/mol. The molecule has 1 saturated heterocycles. The van der Waals surface area contributed by atoms with Crippen LogP contribution < -0.4 is 5.32 Å². The molecule has 98 valence electrons. The van der Waals surface area contributed by atoms with Crippen molar-refractivity contribution in [1.82, 2.24) is 15.2 Å². The van der Waals surface area contributed by atoms with Gasteiger partial charge in [-0.3, -0.25) is 19.8 Å². The molecule has 6 nitrogen and oxygen atoms in total. The molecule has 1 fully saturated rings. The van der Waals surface area contributed by atoms with Crippen molar-refractivity contribution >= 4 is 11.8 Å². The molecule has 2 heterocycles. The second kappa shape index (κ2) is 4.89. The van der Waals surface area contributed by atoms with Crippen LogP contribution in [0.3, 0.4) is 0 Å². The van der Waals surface area contributed by atoms with Crippen LogP contribution in [-0.4, -0.2) is 34.3 Å². The SMILES string of the molecule is CCN1C(=O)CC(NC(C)c2ncc(C)o2)C1=O. The summed E-state index contributed by atoms with van der Waals surface area (Å²) in [5.74, 6) is 0.957. The largest absolute Gasteiger partial charge is 0.444 e. The smallest absolute Gasteiger partial charge is 0.246 e. The van der Waals surface area contributed by atoms with Gasteiger partial charge in [0.2, 0.25) is 17.7 Å². The monoisotopic (exact) mass is 251 g/mol. The maximum absolute atomic E-state index is 11.9. The van der Waals surface area contributed by atoms with Crippen molar-refractivity contribution in [2.24, 2.45) is 0 Å². The summed E-state index contributed by atoms with van der Waals surface area (Å²) in [7, 11) is 0. The number of hydrogen-bond acceptors (Lipinski definition) is 5. The Labute approximate surface area is 105 Å². The van der Waals surface area contributed by atoms with E-state index in [-0.39, 0.29) is 24.3 Å². The third-order valence-corrected chi connectivity index (χ3v) is 3.02. The minimum absolute atomic E-state index is 0.129. The molecule has 2 amide bonds. The van der Waals surface area contributed by atoms with Gasteiger partial charge in [0.15, 0.2) is 0 Å². The summed E-state index contributed by atoms with van der Waals surface area (Å²) in [5.41, 5.74) is 0. The Morgan fingerprint density at radius 3 is 2.83 bits per heavy atom. The summed E-state index contributed by atoms with van der Waals surface area (Å²) >= 11 is 0. The Kier molecular flexibility index (Phi) is 3.47. The number of likely N-dealkylation sites (tertiary alicyclic amines) is 1. The molecule has 1 aliphatic rings. The van der Waals surface area contributed by atoms with Crippen LogP contribution >= 0.6 is 0 Å². The molecule has 0 radical (unpaired) electrons. The summed E-state index contributed by atoms with van der Waals surface area (Å²) in [6.45, 7) is 5.88. The Balaban J connectivity index is 2.02. The van der Waals surface area contributed by atoms with Crippen LogP contribution in [0.15, 0.2) is 10.6 Å². The van der Waals surface area contributed by atoms with E-state index in [2.05, 4.69) is 10.3 Å². The van der Waals surface area contributed by atoms with Crippen LogP contribution in [0.1, 0.15) is 38.0 Å². The maximum atomic E-state index is 11.9. The van der Waals surface area contributed by atoms with Crippen molar-refractivity contribution in [3.05, 3.63) is 17.8 Å². The van der Waals surface area contributed by atoms with Crippen LogP contribution in [0.5, 0.6) is 0 Å². The number of carbonyl (C=O) groups is 2. The van der Waals surface area contributed by atoms with Crippen molar-refractivity contribution in [3.63, 3.8) is 0 Å². The van der Waals surface area contributed by atoms with Crippen molar-refractivity contribution in [2.75, 3.05) is 6.54 Å². The predicted octanol–water partition coefficient (Wildman–Crippen LogP) is 0.781. The summed E-state index contributed by atoms with van der Waals surface area (Å²) in [6.07, 6.45) is 1.84. The number of imide groups is 1. The van der Waals surface area contributed by atoms with Gasteiger partial charge >= 0.3 is 0 Å². The topological polar surface area (TPSA) is 75.4 Å². The third kappa shape index (κ3) is 2.28. The number of likely N-dealkylation sites (N-methyl/N-ethyl adjacent to an activating group) is 1. The Bertz CT molecular complexity index is 469. The van der Waals surface area contributed by atoms with E-state index in [4.69, 9.17) is 4.42 Å². The first-order valence-electron chi connectivity index (χ1n) is 6.05. The fraction of sp³-hybridized carbons (Fsp3) is 0.583. The molecule has 1 aromatic rings. The average Bonchev–Trinajstić information content (AvgIpc) is 2.85. The molecule has 1 aromatic heterocycles. The van der Waals surface area contributed by atoms with Gasteiger partial charge in [0.25, 0.3) is 0 Å². The van der Waals surface area contributed by atoms with E-state index < -0.39 is 6.04 Å². The lowest BCUT2D eigenvalue weighted by atomic mass is 10.2. The van der Waals surface area contributed by atoms with Gasteiger partial charge in [0, 0.05) is 6.54 Å². The fourth-order valence-electron chi connectivity index (χ4n) is 2.09. The Morgan fingerprint density at radius 1 is 1.61 bits per heavy atom. The number of rotatable bonds is 4. The van der Waals surface area contributed by atoms with Crippen LogP contribution in [0.2, 0.25) is 0 Å². The lowest BCUT2D eigenvalue weighted by molar-refractivity contribution is -0.138. The van der Waals surface area contributed by atoms with E-state index in [1.807, 2.05) is 13.8 Å². The molecule has 18 heavy (non-hydrogen) atoms. The third-order valence-electron chi connectivity index (χ3n) is 3.02. The minimum atomic E-state index is -0.473. The van der Waals surface area contributed by atoms with Gasteiger partial charge in [-0.2, -0.15) is 0 Å². The first kappa shape index (κ1) is 12.8. The number of nitrogens with zero attached hydrogens (tertiary/aromatic N) is 2. The van der Waals surface area contributed by atoms with Crippen LogP contribution in [0.4, 0.5) is 0 Å². The summed E-state index contributed by atoms with van der Waals surface area (Å²) in [5, 5.41) is 3.08. The van der Waals surface area contributed by atoms with Crippen molar-refractivity contribution in [3.8, 4) is 0 Å². The van der Waals surface area contributed by atoms with E-state index >= 15 is 0 Å². The molecule has 6 heteroatoms. The molecule has 2 unspecified atom stereocenters. The number of amides is 2. The van der Waals surface area contributed by atoms with Gasteiger partial charge in [0.05, 0.1) is 24.7 Å². The highest BCUT2D eigenvalue weighted by Gasteiger charge is 2.38. The zero-order valence-corrected chi connectivity index (χ0v) is 10.8. The summed E-state index contributed by atoms with van der Waals surface area (Å²) in [6, 6.07) is -0.670. The lowest BCUT2D eigenvalue weighted by Gasteiger charge is -2.16. The van der Waals surface area contributed by atoms with Gasteiger partial charge in [-0.05, 0) is 20.8 Å². The Hall–Kier alpha value is -1.69. The molecule has 1 aliphatic heterocycles. The quantitative estimate of drug-likeness (QED) is 0.800. The normalized spacial score (nSPS) is 21.7. The van der Waals surface area contributed by atoms with E-state index in [0.717, 1.165) is 5.76 Å². The molecule has 0 spiro atoms. The molecule has 2 rings (SSSR count). The van der Waals surface area contributed by atoms with Gasteiger partial charge < -0.3 is 4.42 Å². The summed E-state index contributed by atoms with van der Waals surface area (Å²) in [4.78, 5) is 28.9. The minimum Gasteiger partial charge on any atom is -0.444 e. The number of hydrogen-bond donors (Lipinski definition) is 1. The first-order valence-corrected chi connectivity index (χ1v) is 6.05. The number of carbonyl (C=O) groups excluding carboxylic acids is 2. The fourth-order valence-corrected chi connectivity index (χ4v) is 2.09. The highest BCUT2D eigenvalue weighted by molar-refractivity contribution is 6.05. The molecule has 0 saturated carbocycles. The van der Waals surface area contributed by atoms with E-state index in [1.54, 1.807) is 13.1 Å². The van der Waals surface area contributed by atoms with Gasteiger partial charge in [-0.15, -0.1) is 0 Å². The van der Waals surface area contributed by atoms with Crippen molar-refractivity contribution in [2.45, 2.75) is 39.3 Å². The molecule has 2 atom stereocenters. The lowest BCUT2D eigenvalue weighted by Crippen LogP contribution is -2.39. The molecule has 0 aromatic carbocycles. The molecule has 0 aliphatic carbocycles. The standard InChI is InChI=1S/C12H17N3O3/c1-4-15-10(16)5-9(12(15)17)14-8(3)11-13-6-7(2)18-11/h6,8-9,14H,4-5H2,1-3H3. The van der Waals surface area contributed by atoms with Crippen LogP contribution in [0.25, 0.3) is 0 Å².